The molecule has 0 radical (unpaired) electrons. The lowest BCUT2D eigenvalue weighted by atomic mass is 10.3. The standard InChI is InChI=1S/C7H6BrNO3/c1-12-5-3-2-4(8)6(9-5)7(10)11/h2-3H,1H3,(H,10,11). The van der Waals surface area contributed by atoms with Crippen LogP contribution in [-0.4, -0.2) is 23.2 Å². The van der Waals surface area contributed by atoms with Gasteiger partial charge in [-0.3, -0.25) is 0 Å². The molecule has 1 heterocycles. The van der Waals surface area contributed by atoms with Crippen molar-refractivity contribution < 1.29 is 14.6 Å². The third-order valence-electron chi connectivity index (χ3n) is 1.23. The minimum absolute atomic E-state index is 0.0469. The average molecular weight is 232 g/mol. The second-order valence-electron chi connectivity index (χ2n) is 1.99. The van der Waals surface area contributed by atoms with Crippen LogP contribution in [0.2, 0.25) is 0 Å². The smallest absolute Gasteiger partial charge is 0.355 e. The summed E-state index contributed by atoms with van der Waals surface area (Å²) >= 11 is 3.06. The van der Waals surface area contributed by atoms with Crippen molar-refractivity contribution in [1.29, 1.82) is 0 Å². The van der Waals surface area contributed by atoms with E-state index in [1.165, 1.54) is 7.11 Å². The summed E-state index contributed by atoms with van der Waals surface area (Å²) < 4.78 is 5.21. The number of carboxylic acids is 1. The van der Waals surface area contributed by atoms with E-state index in [1.54, 1.807) is 12.1 Å². The van der Waals surface area contributed by atoms with Gasteiger partial charge in [0.15, 0.2) is 5.69 Å². The normalized spacial score (nSPS) is 9.50. The predicted octanol–water partition coefficient (Wildman–Crippen LogP) is 1.55. The fourth-order valence-corrected chi connectivity index (χ4v) is 1.08. The van der Waals surface area contributed by atoms with E-state index in [0.717, 1.165) is 0 Å². The molecule has 0 atom stereocenters. The third-order valence-corrected chi connectivity index (χ3v) is 1.87. The summed E-state index contributed by atoms with van der Waals surface area (Å²) in [4.78, 5) is 14.3. The number of rotatable bonds is 2. The summed E-state index contributed by atoms with van der Waals surface area (Å²) in [6.45, 7) is 0. The van der Waals surface area contributed by atoms with Crippen molar-refractivity contribution in [3.8, 4) is 5.88 Å². The molecule has 1 aromatic rings. The largest absolute Gasteiger partial charge is 0.481 e. The van der Waals surface area contributed by atoms with Crippen LogP contribution in [0.5, 0.6) is 5.88 Å². The number of halogens is 1. The average Bonchev–Trinajstić information content (AvgIpc) is 2.05. The Morgan fingerprint density at radius 3 is 2.83 bits per heavy atom. The van der Waals surface area contributed by atoms with E-state index in [9.17, 15) is 4.79 Å². The van der Waals surface area contributed by atoms with E-state index in [1.807, 2.05) is 0 Å². The molecular weight excluding hydrogens is 226 g/mol. The molecule has 1 N–H and O–H groups in total. The second-order valence-corrected chi connectivity index (χ2v) is 2.84. The number of carboxylic acid groups (broad SMARTS) is 1. The molecule has 0 saturated carbocycles. The maximum atomic E-state index is 10.5. The summed E-state index contributed by atoms with van der Waals surface area (Å²) in [5.41, 5.74) is -0.0469. The lowest BCUT2D eigenvalue weighted by molar-refractivity contribution is 0.0688. The summed E-state index contributed by atoms with van der Waals surface area (Å²) in [7, 11) is 1.43. The van der Waals surface area contributed by atoms with Gasteiger partial charge in [-0.25, -0.2) is 9.78 Å². The first-order valence-corrected chi connectivity index (χ1v) is 3.88. The molecule has 0 bridgehead atoms. The molecule has 0 aliphatic carbocycles. The molecule has 1 rings (SSSR count). The first-order valence-electron chi connectivity index (χ1n) is 3.09. The zero-order valence-electron chi connectivity index (χ0n) is 6.24. The number of ether oxygens (including phenoxy) is 1. The fraction of sp³-hybridized carbons (Fsp3) is 0.143. The quantitative estimate of drug-likeness (QED) is 0.840. The first kappa shape index (κ1) is 8.99. The van der Waals surface area contributed by atoms with Crippen LogP contribution in [-0.2, 0) is 0 Å². The van der Waals surface area contributed by atoms with E-state index >= 15 is 0 Å². The van der Waals surface area contributed by atoms with Gasteiger partial charge in [0, 0.05) is 6.07 Å². The number of aromatic carboxylic acids is 1. The van der Waals surface area contributed by atoms with Crippen LogP contribution in [0.3, 0.4) is 0 Å². The van der Waals surface area contributed by atoms with Gasteiger partial charge in [-0.1, -0.05) is 0 Å². The van der Waals surface area contributed by atoms with Gasteiger partial charge >= 0.3 is 5.97 Å². The maximum absolute atomic E-state index is 10.5. The van der Waals surface area contributed by atoms with Crippen LogP contribution in [0.25, 0.3) is 0 Å². The molecule has 64 valence electrons. The number of methoxy groups -OCH3 is 1. The maximum Gasteiger partial charge on any atom is 0.355 e. The highest BCUT2D eigenvalue weighted by Crippen LogP contribution is 2.17. The molecule has 0 amide bonds. The fourth-order valence-electron chi connectivity index (χ4n) is 0.688. The number of aromatic nitrogens is 1. The molecule has 0 aliphatic rings. The Kier molecular flexibility index (Phi) is 2.65. The van der Waals surface area contributed by atoms with Crippen LogP contribution in [0.15, 0.2) is 16.6 Å². The Hall–Kier alpha value is -1.10. The van der Waals surface area contributed by atoms with E-state index in [2.05, 4.69) is 20.9 Å². The van der Waals surface area contributed by atoms with Gasteiger partial charge in [0.25, 0.3) is 0 Å². The van der Waals surface area contributed by atoms with Gasteiger partial charge in [-0.05, 0) is 22.0 Å². The van der Waals surface area contributed by atoms with Gasteiger partial charge in [-0.2, -0.15) is 0 Å². The Morgan fingerprint density at radius 2 is 2.33 bits per heavy atom. The molecular formula is C7H6BrNO3. The molecule has 0 unspecified atom stereocenters. The number of nitrogens with zero attached hydrogens (tertiary/aromatic N) is 1. The zero-order valence-corrected chi connectivity index (χ0v) is 7.83. The Labute approximate surface area is 77.3 Å². The van der Waals surface area contributed by atoms with Crippen molar-refractivity contribution in [3.63, 3.8) is 0 Å². The molecule has 4 nitrogen and oxygen atoms in total. The van der Waals surface area contributed by atoms with E-state index in [-0.39, 0.29) is 11.6 Å². The molecule has 0 saturated heterocycles. The van der Waals surface area contributed by atoms with Crippen molar-refractivity contribution in [2.45, 2.75) is 0 Å². The number of hydrogen-bond acceptors (Lipinski definition) is 3. The van der Waals surface area contributed by atoms with Gasteiger partial charge in [0.1, 0.15) is 0 Å². The summed E-state index contributed by atoms with van der Waals surface area (Å²) in [5.74, 6) is -0.795. The molecule has 0 aromatic carbocycles. The first-order chi connectivity index (χ1) is 5.65. The number of pyridine rings is 1. The predicted molar refractivity (Wildman–Crippen MR) is 45.4 cm³/mol. The third kappa shape index (κ3) is 1.73. The summed E-state index contributed by atoms with van der Waals surface area (Å²) in [6.07, 6.45) is 0. The van der Waals surface area contributed by atoms with E-state index < -0.39 is 5.97 Å². The van der Waals surface area contributed by atoms with Crippen LogP contribution in [0.4, 0.5) is 0 Å². The minimum Gasteiger partial charge on any atom is -0.481 e. The van der Waals surface area contributed by atoms with Crippen LogP contribution in [0.1, 0.15) is 10.5 Å². The highest BCUT2D eigenvalue weighted by atomic mass is 79.9. The Bertz CT molecular complexity index is 314. The zero-order chi connectivity index (χ0) is 9.14. The lowest BCUT2D eigenvalue weighted by Gasteiger charge is -2.00. The van der Waals surface area contributed by atoms with Gasteiger partial charge < -0.3 is 9.84 Å². The molecule has 0 spiro atoms. The number of hydrogen-bond donors (Lipinski definition) is 1. The molecule has 12 heavy (non-hydrogen) atoms. The van der Waals surface area contributed by atoms with Crippen molar-refractivity contribution >= 4 is 21.9 Å². The topological polar surface area (TPSA) is 59.4 Å². The Balaban J connectivity index is 3.17. The highest BCUT2D eigenvalue weighted by molar-refractivity contribution is 9.10. The van der Waals surface area contributed by atoms with Crippen molar-refractivity contribution in [2.24, 2.45) is 0 Å². The van der Waals surface area contributed by atoms with Crippen molar-refractivity contribution in [3.05, 3.63) is 22.3 Å². The van der Waals surface area contributed by atoms with E-state index in [0.29, 0.717) is 4.47 Å². The van der Waals surface area contributed by atoms with Crippen LogP contribution < -0.4 is 4.74 Å². The monoisotopic (exact) mass is 231 g/mol. The van der Waals surface area contributed by atoms with E-state index in [4.69, 9.17) is 9.84 Å². The SMILES string of the molecule is COc1ccc(Br)c(C(=O)O)n1. The molecule has 1 aromatic heterocycles. The van der Waals surface area contributed by atoms with Gasteiger partial charge in [0.05, 0.1) is 11.6 Å². The van der Waals surface area contributed by atoms with Gasteiger partial charge in [0.2, 0.25) is 5.88 Å². The van der Waals surface area contributed by atoms with Crippen molar-refractivity contribution in [1.82, 2.24) is 4.98 Å². The minimum atomic E-state index is -1.08. The van der Waals surface area contributed by atoms with Crippen LogP contribution in [0, 0.1) is 0 Å². The highest BCUT2D eigenvalue weighted by Gasteiger charge is 2.10. The second kappa shape index (κ2) is 3.53. The molecule has 5 heteroatoms. The summed E-state index contributed by atoms with van der Waals surface area (Å²) in [6, 6.07) is 3.16. The number of carbonyl (C=O) groups is 1. The van der Waals surface area contributed by atoms with Crippen molar-refractivity contribution in [2.75, 3.05) is 7.11 Å². The van der Waals surface area contributed by atoms with Crippen LogP contribution >= 0.6 is 15.9 Å². The molecule has 0 aliphatic heterocycles. The lowest BCUT2D eigenvalue weighted by Crippen LogP contribution is -2.02. The summed E-state index contributed by atoms with van der Waals surface area (Å²) in [5, 5.41) is 8.64. The Morgan fingerprint density at radius 1 is 1.67 bits per heavy atom. The molecule has 0 fully saturated rings. The van der Waals surface area contributed by atoms with Gasteiger partial charge in [-0.15, -0.1) is 0 Å².